The van der Waals surface area contributed by atoms with Crippen molar-refractivity contribution in [2.45, 2.75) is 19.3 Å². The Morgan fingerprint density at radius 3 is 2.60 bits per heavy atom. The molecular weight excluding hydrogens is 200 g/mol. The SMILES string of the molecule is COC(CN1CC(=O)NC(=O)C1C)OC. The van der Waals surface area contributed by atoms with E-state index < -0.39 is 6.29 Å². The first-order valence-corrected chi connectivity index (χ1v) is 4.71. The first-order valence-electron chi connectivity index (χ1n) is 4.71. The number of rotatable bonds is 4. The predicted octanol–water partition coefficient (Wildman–Crippen LogP) is -1.05. The second-order valence-corrected chi connectivity index (χ2v) is 3.42. The van der Waals surface area contributed by atoms with Crippen LogP contribution in [0.5, 0.6) is 0 Å². The van der Waals surface area contributed by atoms with E-state index >= 15 is 0 Å². The van der Waals surface area contributed by atoms with Crippen LogP contribution in [0, 0.1) is 0 Å². The zero-order valence-electron chi connectivity index (χ0n) is 9.15. The van der Waals surface area contributed by atoms with Gasteiger partial charge >= 0.3 is 0 Å². The highest BCUT2D eigenvalue weighted by molar-refractivity contribution is 6.00. The van der Waals surface area contributed by atoms with Gasteiger partial charge in [0.1, 0.15) is 0 Å². The lowest BCUT2D eigenvalue weighted by Crippen LogP contribution is -2.58. The third-order valence-corrected chi connectivity index (χ3v) is 2.45. The molecule has 0 bridgehead atoms. The van der Waals surface area contributed by atoms with Crippen molar-refractivity contribution in [2.75, 3.05) is 27.3 Å². The summed E-state index contributed by atoms with van der Waals surface area (Å²) in [5.41, 5.74) is 0. The van der Waals surface area contributed by atoms with E-state index in [1.807, 2.05) is 0 Å². The smallest absolute Gasteiger partial charge is 0.243 e. The average Bonchev–Trinajstić information content (AvgIpc) is 2.21. The standard InChI is InChI=1S/C9H16N2O4/c1-6-9(13)10-7(12)4-11(6)5-8(14-2)15-3/h6,8H,4-5H2,1-3H3,(H,10,12,13). The number of nitrogens with one attached hydrogen (secondary N) is 1. The Bertz CT molecular complexity index is 252. The lowest BCUT2D eigenvalue weighted by molar-refractivity contribution is -0.148. The normalized spacial score (nSPS) is 23.3. The Balaban J connectivity index is 2.58. The van der Waals surface area contributed by atoms with Gasteiger partial charge in [0.25, 0.3) is 0 Å². The maximum absolute atomic E-state index is 11.3. The van der Waals surface area contributed by atoms with Gasteiger partial charge in [0.05, 0.1) is 19.1 Å². The van der Waals surface area contributed by atoms with Crippen LogP contribution in [-0.2, 0) is 19.1 Å². The van der Waals surface area contributed by atoms with Crippen molar-refractivity contribution in [2.24, 2.45) is 0 Å². The van der Waals surface area contributed by atoms with E-state index in [4.69, 9.17) is 9.47 Å². The largest absolute Gasteiger partial charge is 0.355 e. The fourth-order valence-electron chi connectivity index (χ4n) is 1.43. The van der Waals surface area contributed by atoms with Gasteiger partial charge in [-0.3, -0.25) is 19.8 Å². The van der Waals surface area contributed by atoms with E-state index in [1.54, 1.807) is 11.8 Å². The van der Waals surface area contributed by atoms with E-state index in [0.717, 1.165) is 0 Å². The lowest BCUT2D eigenvalue weighted by Gasteiger charge is -2.33. The third-order valence-electron chi connectivity index (χ3n) is 2.45. The fourth-order valence-corrected chi connectivity index (χ4v) is 1.43. The summed E-state index contributed by atoms with van der Waals surface area (Å²) < 4.78 is 10.0. The van der Waals surface area contributed by atoms with Crippen LogP contribution >= 0.6 is 0 Å². The molecule has 6 nitrogen and oxygen atoms in total. The summed E-state index contributed by atoms with van der Waals surface area (Å²) in [5, 5.41) is 2.27. The molecule has 0 spiro atoms. The molecular formula is C9H16N2O4. The van der Waals surface area contributed by atoms with E-state index in [2.05, 4.69) is 5.32 Å². The third kappa shape index (κ3) is 2.98. The van der Waals surface area contributed by atoms with Gasteiger partial charge in [0, 0.05) is 14.2 Å². The maximum atomic E-state index is 11.3. The molecule has 1 saturated heterocycles. The monoisotopic (exact) mass is 216 g/mol. The van der Waals surface area contributed by atoms with Crippen LogP contribution in [0.1, 0.15) is 6.92 Å². The van der Waals surface area contributed by atoms with Gasteiger partial charge in [-0.2, -0.15) is 0 Å². The van der Waals surface area contributed by atoms with Crippen molar-refractivity contribution >= 4 is 11.8 Å². The quantitative estimate of drug-likeness (QED) is 0.480. The first kappa shape index (κ1) is 12.1. The number of carbonyl (C=O) groups is 2. The molecule has 1 aliphatic rings. The van der Waals surface area contributed by atoms with Crippen molar-refractivity contribution in [3.05, 3.63) is 0 Å². The molecule has 0 aromatic rings. The molecule has 1 N–H and O–H groups in total. The van der Waals surface area contributed by atoms with Crippen molar-refractivity contribution in [3.8, 4) is 0 Å². The molecule has 6 heteroatoms. The lowest BCUT2D eigenvalue weighted by atomic mass is 10.2. The Hall–Kier alpha value is -0.980. The molecule has 0 aromatic heterocycles. The van der Waals surface area contributed by atoms with Gasteiger partial charge in [-0.1, -0.05) is 0 Å². The number of ether oxygens (including phenoxy) is 2. The molecule has 86 valence electrons. The van der Waals surface area contributed by atoms with E-state index in [-0.39, 0.29) is 24.4 Å². The second-order valence-electron chi connectivity index (χ2n) is 3.42. The molecule has 1 fully saturated rings. The Morgan fingerprint density at radius 2 is 2.07 bits per heavy atom. The summed E-state index contributed by atoms with van der Waals surface area (Å²) >= 11 is 0. The molecule has 0 radical (unpaired) electrons. The van der Waals surface area contributed by atoms with Crippen molar-refractivity contribution in [1.29, 1.82) is 0 Å². The predicted molar refractivity (Wildman–Crippen MR) is 52.0 cm³/mol. The Labute approximate surface area is 88.5 Å². The van der Waals surface area contributed by atoms with Crippen LogP contribution in [-0.4, -0.2) is 56.4 Å². The zero-order valence-corrected chi connectivity index (χ0v) is 9.15. The Morgan fingerprint density at radius 1 is 1.47 bits per heavy atom. The molecule has 1 rings (SSSR count). The molecule has 0 saturated carbocycles. The molecule has 2 amide bonds. The topological polar surface area (TPSA) is 67.9 Å². The van der Waals surface area contributed by atoms with Crippen LogP contribution in [0.15, 0.2) is 0 Å². The summed E-state index contributed by atoms with van der Waals surface area (Å²) in [4.78, 5) is 24.2. The van der Waals surface area contributed by atoms with Gasteiger partial charge in [0.2, 0.25) is 11.8 Å². The minimum absolute atomic E-state index is 0.191. The summed E-state index contributed by atoms with van der Waals surface area (Å²) in [6.07, 6.45) is -0.425. The number of carbonyl (C=O) groups excluding carboxylic acids is 2. The summed E-state index contributed by atoms with van der Waals surface area (Å²) in [6, 6.07) is -0.338. The van der Waals surface area contributed by atoms with Crippen LogP contribution in [0.4, 0.5) is 0 Å². The Kier molecular flexibility index (Phi) is 4.19. The number of methoxy groups -OCH3 is 2. The molecule has 15 heavy (non-hydrogen) atoms. The maximum Gasteiger partial charge on any atom is 0.243 e. The molecule has 1 aliphatic heterocycles. The van der Waals surface area contributed by atoms with Crippen LogP contribution in [0.25, 0.3) is 0 Å². The van der Waals surface area contributed by atoms with Crippen molar-refractivity contribution < 1.29 is 19.1 Å². The van der Waals surface area contributed by atoms with E-state index in [0.29, 0.717) is 6.54 Å². The summed E-state index contributed by atoms with van der Waals surface area (Å²) in [5.74, 6) is -0.568. The van der Waals surface area contributed by atoms with Crippen molar-refractivity contribution in [3.63, 3.8) is 0 Å². The van der Waals surface area contributed by atoms with Crippen LogP contribution in [0.3, 0.4) is 0 Å². The summed E-state index contributed by atoms with van der Waals surface area (Å²) in [6.45, 7) is 2.33. The number of hydrogen-bond donors (Lipinski definition) is 1. The van der Waals surface area contributed by atoms with Gasteiger partial charge in [0.15, 0.2) is 6.29 Å². The number of imide groups is 1. The zero-order chi connectivity index (χ0) is 11.4. The van der Waals surface area contributed by atoms with E-state index in [1.165, 1.54) is 14.2 Å². The summed E-state index contributed by atoms with van der Waals surface area (Å²) in [7, 11) is 3.04. The molecule has 1 atom stereocenters. The van der Waals surface area contributed by atoms with Gasteiger partial charge in [-0.15, -0.1) is 0 Å². The highest BCUT2D eigenvalue weighted by Gasteiger charge is 2.31. The second kappa shape index (κ2) is 5.20. The number of piperazine rings is 1. The minimum Gasteiger partial charge on any atom is -0.355 e. The van der Waals surface area contributed by atoms with Gasteiger partial charge in [-0.05, 0) is 6.92 Å². The number of amides is 2. The van der Waals surface area contributed by atoms with E-state index in [9.17, 15) is 9.59 Å². The molecule has 1 unspecified atom stereocenters. The average molecular weight is 216 g/mol. The van der Waals surface area contributed by atoms with Crippen LogP contribution < -0.4 is 5.32 Å². The van der Waals surface area contributed by atoms with Gasteiger partial charge in [-0.25, -0.2) is 0 Å². The molecule has 0 aliphatic carbocycles. The first-order chi connectivity index (χ1) is 7.08. The molecule has 1 heterocycles. The number of nitrogens with zero attached hydrogens (tertiary/aromatic N) is 1. The fraction of sp³-hybridized carbons (Fsp3) is 0.778. The highest BCUT2D eigenvalue weighted by atomic mass is 16.7. The minimum atomic E-state index is -0.425. The molecule has 0 aromatic carbocycles. The van der Waals surface area contributed by atoms with Crippen LogP contribution in [0.2, 0.25) is 0 Å². The number of hydrogen-bond acceptors (Lipinski definition) is 5. The van der Waals surface area contributed by atoms with Crippen molar-refractivity contribution in [1.82, 2.24) is 10.2 Å². The van der Waals surface area contributed by atoms with Gasteiger partial charge < -0.3 is 9.47 Å². The highest BCUT2D eigenvalue weighted by Crippen LogP contribution is 2.07.